The highest BCUT2D eigenvalue weighted by atomic mass is 32.1. The third kappa shape index (κ3) is 3.95. The summed E-state index contributed by atoms with van der Waals surface area (Å²) in [5.74, 6) is 3.75. The molecular formula is C12H17N3S. The molecular weight excluding hydrogens is 218 g/mol. The third-order valence-electron chi connectivity index (χ3n) is 2.19. The monoisotopic (exact) mass is 235 g/mol. The predicted octanol–water partition coefficient (Wildman–Crippen LogP) is 1.65. The highest BCUT2D eigenvalue weighted by molar-refractivity contribution is 7.10. The Labute approximate surface area is 101 Å². The molecule has 16 heavy (non-hydrogen) atoms. The summed E-state index contributed by atoms with van der Waals surface area (Å²) in [6.45, 7) is 3.53. The average molecular weight is 235 g/mol. The van der Waals surface area contributed by atoms with Gasteiger partial charge in [-0.05, 0) is 11.4 Å². The predicted molar refractivity (Wildman–Crippen MR) is 70.9 cm³/mol. The number of nitrogens with zero attached hydrogens (tertiary/aromatic N) is 1. The molecule has 0 bridgehead atoms. The maximum atomic E-state index is 5.17. The second kappa shape index (κ2) is 6.91. The van der Waals surface area contributed by atoms with Crippen LogP contribution in [0, 0.1) is 12.3 Å². The van der Waals surface area contributed by atoms with Gasteiger partial charge in [0, 0.05) is 24.4 Å². The Morgan fingerprint density at radius 1 is 1.62 bits per heavy atom. The first-order valence-corrected chi connectivity index (χ1v) is 6.07. The zero-order valence-corrected chi connectivity index (χ0v) is 10.5. The van der Waals surface area contributed by atoms with E-state index in [1.165, 1.54) is 4.88 Å². The fraction of sp³-hybridized carbons (Fsp3) is 0.417. The number of thiophene rings is 1. The van der Waals surface area contributed by atoms with Gasteiger partial charge >= 0.3 is 0 Å². The van der Waals surface area contributed by atoms with Gasteiger partial charge in [-0.1, -0.05) is 18.9 Å². The summed E-state index contributed by atoms with van der Waals surface area (Å²) >= 11 is 1.78. The summed E-state index contributed by atoms with van der Waals surface area (Å²) in [5, 5.41) is 8.36. The quantitative estimate of drug-likeness (QED) is 0.473. The van der Waals surface area contributed by atoms with Crippen molar-refractivity contribution in [1.29, 1.82) is 0 Å². The van der Waals surface area contributed by atoms with E-state index in [0.29, 0.717) is 12.5 Å². The Morgan fingerprint density at radius 2 is 2.44 bits per heavy atom. The minimum Gasteiger partial charge on any atom is -0.356 e. The van der Waals surface area contributed by atoms with Gasteiger partial charge in [-0.2, -0.15) is 0 Å². The lowest BCUT2D eigenvalue weighted by molar-refractivity contribution is 0.716. The van der Waals surface area contributed by atoms with E-state index in [9.17, 15) is 0 Å². The van der Waals surface area contributed by atoms with Crippen LogP contribution in [0.2, 0.25) is 0 Å². The van der Waals surface area contributed by atoms with Gasteiger partial charge < -0.3 is 10.6 Å². The van der Waals surface area contributed by atoms with Crippen LogP contribution in [0.1, 0.15) is 17.7 Å². The second-order valence-electron chi connectivity index (χ2n) is 3.43. The van der Waals surface area contributed by atoms with Crippen LogP contribution in [0.25, 0.3) is 0 Å². The van der Waals surface area contributed by atoms with Crippen LogP contribution in [-0.4, -0.2) is 26.1 Å². The van der Waals surface area contributed by atoms with Gasteiger partial charge in [-0.25, -0.2) is 0 Å². The molecule has 1 aromatic rings. The maximum Gasteiger partial charge on any atom is 0.191 e. The van der Waals surface area contributed by atoms with Crippen molar-refractivity contribution in [2.75, 3.05) is 20.1 Å². The first-order chi connectivity index (χ1) is 7.77. The molecule has 1 unspecified atom stereocenters. The largest absolute Gasteiger partial charge is 0.356 e. The van der Waals surface area contributed by atoms with E-state index in [2.05, 4.69) is 46.0 Å². The molecule has 2 N–H and O–H groups in total. The highest BCUT2D eigenvalue weighted by Gasteiger charge is 2.06. The summed E-state index contributed by atoms with van der Waals surface area (Å²) in [6, 6.07) is 4.22. The molecule has 3 nitrogen and oxygen atoms in total. The lowest BCUT2D eigenvalue weighted by atomic mass is 10.1. The zero-order valence-electron chi connectivity index (χ0n) is 9.66. The van der Waals surface area contributed by atoms with E-state index in [0.717, 1.165) is 12.5 Å². The molecule has 0 aliphatic rings. The van der Waals surface area contributed by atoms with E-state index >= 15 is 0 Å². The summed E-state index contributed by atoms with van der Waals surface area (Å²) in [5.41, 5.74) is 0. The molecule has 0 spiro atoms. The van der Waals surface area contributed by atoms with Crippen molar-refractivity contribution in [3.63, 3.8) is 0 Å². The molecule has 0 aliphatic carbocycles. The second-order valence-corrected chi connectivity index (χ2v) is 4.41. The van der Waals surface area contributed by atoms with Crippen molar-refractivity contribution in [2.24, 2.45) is 4.99 Å². The van der Waals surface area contributed by atoms with Gasteiger partial charge in [0.15, 0.2) is 5.96 Å². The van der Waals surface area contributed by atoms with Gasteiger partial charge in [-0.3, -0.25) is 4.99 Å². The minimum absolute atomic E-state index is 0.476. The van der Waals surface area contributed by atoms with E-state index < -0.39 is 0 Å². The summed E-state index contributed by atoms with van der Waals surface area (Å²) < 4.78 is 0. The number of guanidine groups is 1. The Balaban J connectivity index is 2.36. The zero-order chi connectivity index (χ0) is 11.8. The summed E-state index contributed by atoms with van der Waals surface area (Å²) in [4.78, 5) is 5.46. The molecule has 4 heteroatoms. The smallest absolute Gasteiger partial charge is 0.191 e. The number of nitrogens with one attached hydrogen (secondary N) is 2. The lowest BCUT2D eigenvalue weighted by Gasteiger charge is -2.13. The normalized spacial score (nSPS) is 12.9. The van der Waals surface area contributed by atoms with Gasteiger partial charge in [0.25, 0.3) is 0 Å². The van der Waals surface area contributed by atoms with Crippen molar-refractivity contribution in [1.82, 2.24) is 10.6 Å². The fourth-order valence-electron chi connectivity index (χ4n) is 1.28. The van der Waals surface area contributed by atoms with Gasteiger partial charge in [0.2, 0.25) is 0 Å². The molecule has 86 valence electrons. The Bertz CT molecular complexity index is 362. The maximum absolute atomic E-state index is 5.17. The van der Waals surface area contributed by atoms with Crippen LogP contribution in [0.4, 0.5) is 0 Å². The van der Waals surface area contributed by atoms with Gasteiger partial charge in [0.1, 0.15) is 0 Å². The molecule has 0 radical (unpaired) electrons. The standard InChI is InChI=1S/C12H17N3S/c1-4-7-14-12(13-3)15-9-10(2)11-6-5-8-16-11/h1,5-6,8,10H,7,9H2,2-3H3,(H2,13,14,15). The number of hydrogen-bond donors (Lipinski definition) is 2. The molecule has 0 saturated heterocycles. The molecule has 1 aromatic heterocycles. The molecule has 0 aromatic carbocycles. The Morgan fingerprint density at radius 3 is 3.00 bits per heavy atom. The molecule has 0 fully saturated rings. The Kier molecular flexibility index (Phi) is 5.44. The highest BCUT2D eigenvalue weighted by Crippen LogP contribution is 2.19. The molecule has 0 aliphatic heterocycles. The molecule has 0 amide bonds. The van der Waals surface area contributed by atoms with E-state index in [-0.39, 0.29) is 0 Å². The van der Waals surface area contributed by atoms with Crippen LogP contribution in [0.5, 0.6) is 0 Å². The van der Waals surface area contributed by atoms with Crippen molar-refractivity contribution in [2.45, 2.75) is 12.8 Å². The Hall–Kier alpha value is -1.47. The minimum atomic E-state index is 0.476. The topological polar surface area (TPSA) is 36.4 Å². The van der Waals surface area contributed by atoms with Crippen LogP contribution >= 0.6 is 11.3 Å². The fourth-order valence-corrected chi connectivity index (χ4v) is 2.06. The van der Waals surface area contributed by atoms with E-state index in [1.54, 1.807) is 18.4 Å². The van der Waals surface area contributed by atoms with Crippen LogP contribution in [-0.2, 0) is 0 Å². The number of hydrogen-bond acceptors (Lipinski definition) is 2. The summed E-state index contributed by atoms with van der Waals surface area (Å²) in [7, 11) is 1.74. The van der Waals surface area contributed by atoms with E-state index in [4.69, 9.17) is 6.42 Å². The van der Waals surface area contributed by atoms with Crippen LogP contribution in [0.15, 0.2) is 22.5 Å². The molecule has 1 heterocycles. The van der Waals surface area contributed by atoms with Gasteiger partial charge in [-0.15, -0.1) is 17.8 Å². The van der Waals surface area contributed by atoms with Crippen molar-refractivity contribution < 1.29 is 0 Å². The van der Waals surface area contributed by atoms with Gasteiger partial charge in [0.05, 0.1) is 6.54 Å². The molecule has 1 atom stereocenters. The van der Waals surface area contributed by atoms with Crippen LogP contribution < -0.4 is 10.6 Å². The van der Waals surface area contributed by atoms with Crippen molar-refractivity contribution >= 4 is 17.3 Å². The van der Waals surface area contributed by atoms with E-state index in [1.807, 2.05) is 0 Å². The molecule has 0 saturated carbocycles. The van der Waals surface area contributed by atoms with Crippen molar-refractivity contribution in [3.05, 3.63) is 22.4 Å². The first kappa shape index (κ1) is 12.6. The van der Waals surface area contributed by atoms with Crippen molar-refractivity contribution in [3.8, 4) is 12.3 Å². The number of rotatable bonds is 4. The average Bonchev–Trinajstić information content (AvgIpc) is 2.82. The molecule has 1 rings (SSSR count). The SMILES string of the molecule is C#CCNC(=NC)NCC(C)c1cccs1. The first-order valence-electron chi connectivity index (χ1n) is 5.19. The third-order valence-corrected chi connectivity index (χ3v) is 3.29. The van der Waals surface area contributed by atoms with Crippen LogP contribution in [0.3, 0.4) is 0 Å². The number of terminal acetylenes is 1. The summed E-state index contributed by atoms with van der Waals surface area (Å²) in [6.07, 6.45) is 5.17. The number of aliphatic imine (C=N–C) groups is 1. The lowest BCUT2D eigenvalue weighted by Crippen LogP contribution is -2.39.